The molecule has 6 nitrogen and oxygen atoms in total. The van der Waals surface area contributed by atoms with Crippen LogP contribution in [0.5, 0.6) is 0 Å². The minimum atomic E-state index is -3.83. The number of benzene rings is 1. The summed E-state index contributed by atoms with van der Waals surface area (Å²) in [5, 5.41) is 9.61. The molecule has 1 aromatic rings. The van der Waals surface area contributed by atoms with Gasteiger partial charge in [0, 0.05) is 0 Å². The predicted molar refractivity (Wildman–Crippen MR) is 74.6 cm³/mol. The summed E-state index contributed by atoms with van der Waals surface area (Å²) >= 11 is 0. The van der Waals surface area contributed by atoms with Crippen molar-refractivity contribution in [2.45, 2.75) is 30.4 Å². The van der Waals surface area contributed by atoms with Crippen LogP contribution in [0.15, 0.2) is 29.2 Å². The summed E-state index contributed by atoms with van der Waals surface area (Å²) in [7, 11) is -7.21. The fourth-order valence-electron chi connectivity index (χ4n) is 2.11. The van der Waals surface area contributed by atoms with E-state index in [-0.39, 0.29) is 10.6 Å². The van der Waals surface area contributed by atoms with Gasteiger partial charge in [0.25, 0.3) is 0 Å². The van der Waals surface area contributed by atoms with Crippen molar-refractivity contribution in [3.05, 3.63) is 29.8 Å². The smallest absolute Gasteiger partial charge is 0.240 e. The minimum Gasteiger partial charge on any atom is -0.390 e. The van der Waals surface area contributed by atoms with E-state index >= 15 is 0 Å². The molecule has 1 aliphatic heterocycles. The van der Waals surface area contributed by atoms with Gasteiger partial charge in [0.1, 0.15) is 0 Å². The molecule has 1 heterocycles. The standard InChI is InChI=1S/C12H17NO5S2/c1-2-9-3-5-10(6-4-9)20(17,18)13-11-7-19(15,16)8-12(11)14/h3-6,11-14H,2,7-8H2,1H3/t11-,12+/m0/s1. The zero-order valence-electron chi connectivity index (χ0n) is 11.0. The van der Waals surface area contributed by atoms with Crippen LogP contribution < -0.4 is 4.72 Å². The van der Waals surface area contributed by atoms with Crippen LogP contribution in [0.4, 0.5) is 0 Å². The van der Waals surface area contributed by atoms with Gasteiger partial charge in [-0.05, 0) is 24.1 Å². The molecule has 0 bridgehead atoms. The van der Waals surface area contributed by atoms with Gasteiger partial charge in [0.15, 0.2) is 9.84 Å². The lowest BCUT2D eigenvalue weighted by Crippen LogP contribution is -2.42. The van der Waals surface area contributed by atoms with E-state index in [1.165, 1.54) is 12.1 Å². The lowest BCUT2D eigenvalue weighted by atomic mass is 10.2. The fourth-order valence-corrected chi connectivity index (χ4v) is 5.23. The molecular weight excluding hydrogens is 302 g/mol. The molecule has 0 spiro atoms. The minimum absolute atomic E-state index is 0.0613. The number of hydrogen-bond acceptors (Lipinski definition) is 5. The Hall–Kier alpha value is -0.960. The number of aliphatic hydroxyl groups excluding tert-OH is 1. The van der Waals surface area contributed by atoms with E-state index in [2.05, 4.69) is 4.72 Å². The number of rotatable bonds is 4. The second kappa shape index (κ2) is 5.44. The van der Waals surface area contributed by atoms with Gasteiger partial charge < -0.3 is 5.11 Å². The molecule has 1 fully saturated rings. The monoisotopic (exact) mass is 319 g/mol. The Morgan fingerprint density at radius 1 is 1.25 bits per heavy atom. The van der Waals surface area contributed by atoms with E-state index < -0.39 is 37.8 Å². The fraction of sp³-hybridized carbons (Fsp3) is 0.500. The number of hydrogen-bond donors (Lipinski definition) is 2. The molecule has 20 heavy (non-hydrogen) atoms. The van der Waals surface area contributed by atoms with Crippen molar-refractivity contribution >= 4 is 19.9 Å². The van der Waals surface area contributed by atoms with Gasteiger partial charge in [-0.25, -0.2) is 21.6 Å². The van der Waals surface area contributed by atoms with Crippen LogP contribution in [-0.4, -0.2) is 45.6 Å². The first-order chi connectivity index (χ1) is 9.23. The molecule has 0 saturated carbocycles. The number of aliphatic hydroxyl groups is 1. The van der Waals surface area contributed by atoms with Gasteiger partial charge in [0.2, 0.25) is 10.0 Å². The summed E-state index contributed by atoms with van der Waals surface area (Å²) < 4.78 is 49.2. The third-order valence-corrected chi connectivity index (χ3v) is 6.49. The van der Waals surface area contributed by atoms with Crippen LogP contribution in [-0.2, 0) is 26.3 Å². The molecule has 2 N–H and O–H groups in total. The number of sulfonamides is 1. The lowest BCUT2D eigenvalue weighted by molar-refractivity contribution is 0.176. The summed E-state index contributed by atoms with van der Waals surface area (Å²) in [5.41, 5.74) is 1.01. The Morgan fingerprint density at radius 2 is 1.85 bits per heavy atom. The average Bonchev–Trinajstić information content (AvgIpc) is 2.61. The molecule has 0 amide bonds. The molecule has 2 atom stereocenters. The van der Waals surface area contributed by atoms with Gasteiger partial charge in [-0.2, -0.15) is 0 Å². The molecule has 1 aliphatic rings. The zero-order valence-corrected chi connectivity index (χ0v) is 12.6. The molecule has 0 radical (unpaired) electrons. The summed E-state index contributed by atoms with van der Waals surface area (Å²) in [5.74, 6) is -0.782. The second-order valence-corrected chi connectivity index (χ2v) is 8.74. The number of aryl methyl sites for hydroxylation is 1. The highest BCUT2D eigenvalue weighted by atomic mass is 32.2. The number of nitrogens with one attached hydrogen (secondary N) is 1. The molecule has 1 saturated heterocycles. The van der Waals surface area contributed by atoms with Crippen LogP contribution in [0.3, 0.4) is 0 Å². The van der Waals surface area contributed by atoms with Crippen molar-refractivity contribution in [2.24, 2.45) is 0 Å². The van der Waals surface area contributed by atoms with E-state index in [1.807, 2.05) is 6.92 Å². The summed E-state index contributed by atoms with van der Waals surface area (Å²) in [4.78, 5) is 0.0613. The molecular formula is C12H17NO5S2. The summed E-state index contributed by atoms with van der Waals surface area (Å²) in [6, 6.07) is 5.36. The highest BCUT2D eigenvalue weighted by molar-refractivity contribution is 7.92. The van der Waals surface area contributed by atoms with E-state index in [4.69, 9.17) is 0 Å². The molecule has 8 heteroatoms. The van der Waals surface area contributed by atoms with Crippen LogP contribution >= 0.6 is 0 Å². The molecule has 0 unspecified atom stereocenters. The summed E-state index contributed by atoms with van der Waals surface area (Å²) in [6.45, 7) is 1.96. The maximum Gasteiger partial charge on any atom is 0.240 e. The number of sulfone groups is 1. The average molecular weight is 319 g/mol. The van der Waals surface area contributed by atoms with Gasteiger partial charge in [-0.3, -0.25) is 0 Å². The van der Waals surface area contributed by atoms with Crippen LogP contribution in [0, 0.1) is 0 Å². The summed E-state index contributed by atoms with van der Waals surface area (Å²) in [6.07, 6.45) is -0.405. The Labute approximate surface area is 118 Å². The normalized spacial score (nSPS) is 25.7. The van der Waals surface area contributed by atoms with Crippen molar-refractivity contribution in [2.75, 3.05) is 11.5 Å². The van der Waals surface area contributed by atoms with Gasteiger partial charge in [-0.1, -0.05) is 19.1 Å². The zero-order chi connectivity index (χ0) is 15.0. The largest absolute Gasteiger partial charge is 0.390 e. The van der Waals surface area contributed by atoms with Crippen LogP contribution in [0.2, 0.25) is 0 Å². The molecule has 0 aliphatic carbocycles. The van der Waals surface area contributed by atoms with E-state index in [0.717, 1.165) is 12.0 Å². The Morgan fingerprint density at radius 3 is 2.30 bits per heavy atom. The van der Waals surface area contributed by atoms with Crippen LogP contribution in [0.25, 0.3) is 0 Å². The van der Waals surface area contributed by atoms with E-state index in [0.29, 0.717) is 0 Å². The first kappa shape index (κ1) is 15.4. The third kappa shape index (κ3) is 3.38. The third-order valence-electron chi connectivity index (χ3n) is 3.27. The molecule has 2 rings (SSSR count). The van der Waals surface area contributed by atoms with Crippen LogP contribution in [0.1, 0.15) is 12.5 Å². The van der Waals surface area contributed by atoms with Gasteiger partial charge in [-0.15, -0.1) is 0 Å². The van der Waals surface area contributed by atoms with Crippen molar-refractivity contribution in [3.8, 4) is 0 Å². The van der Waals surface area contributed by atoms with Crippen molar-refractivity contribution in [1.29, 1.82) is 0 Å². The van der Waals surface area contributed by atoms with E-state index in [1.54, 1.807) is 12.1 Å². The van der Waals surface area contributed by atoms with Crippen molar-refractivity contribution < 1.29 is 21.9 Å². The lowest BCUT2D eigenvalue weighted by Gasteiger charge is -2.15. The maximum absolute atomic E-state index is 12.1. The van der Waals surface area contributed by atoms with E-state index in [9.17, 15) is 21.9 Å². The van der Waals surface area contributed by atoms with Gasteiger partial charge >= 0.3 is 0 Å². The molecule has 1 aromatic carbocycles. The predicted octanol–water partition coefficient (Wildman–Crippen LogP) is -0.315. The molecule has 112 valence electrons. The first-order valence-corrected chi connectivity index (χ1v) is 9.54. The Bertz CT molecular complexity index is 679. The molecule has 0 aromatic heterocycles. The quantitative estimate of drug-likeness (QED) is 0.792. The van der Waals surface area contributed by atoms with Crippen molar-refractivity contribution in [1.82, 2.24) is 4.72 Å². The first-order valence-electron chi connectivity index (χ1n) is 6.23. The van der Waals surface area contributed by atoms with Gasteiger partial charge in [0.05, 0.1) is 28.5 Å². The Balaban J connectivity index is 2.19. The topological polar surface area (TPSA) is 101 Å². The maximum atomic E-state index is 12.1. The highest BCUT2D eigenvalue weighted by Crippen LogP contribution is 2.17. The highest BCUT2D eigenvalue weighted by Gasteiger charge is 2.38. The van der Waals surface area contributed by atoms with Crippen molar-refractivity contribution in [3.63, 3.8) is 0 Å². The second-order valence-electron chi connectivity index (χ2n) is 4.87. The SMILES string of the molecule is CCc1ccc(S(=O)(=O)N[C@H]2CS(=O)(=O)C[C@H]2O)cc1. The Kier molecular flexibility index (Phi) is 4.19.